The van der Waals surface area contributed by atoms with Gasteiger partial charge in [0.25, 0.3) is 0 Å². The third kappa shape index (κ3) is 5.84. The molecule has 188 valence electrons. The van der Waals surface area contributed by atoms with Gasteiger partial charge in [0, 0.05) is 0 Å². The number of nitrogens with one attached hydrogen (secondary N) is 1. The van der Waals surface area contributed by atoms with Crippen LogP contribution in [0.15, 0.2) is 54.6 Å². The van der Waals surface area contributed by atoms with Crippen LogP contribution in [0.1, 0.15) is 82.8 Å². The summed E-state index contributed by atoms with van der Waals surface area (Å²) in [6.45, 7) is 11.2. The van der Waals surface area contributed by atoms with Crippen LogP contribution in [0.5, 0.6) is 5.75 Å². The number of benzene rings is 2. The Morgan fingerprint density at radius 2 is 1.69 bits per heavy atom. The van der Waals surface area contributed by atoms with Crippen molar-refractivity contribution in [2.45, 2.75) is 78.7 Å². The number of ether oxygens (including phenoxy) is 2. The molecule has 0 bridgehead atoms. The highest BCUT2D eigenvalue weighted by Gasteiger charge is 2.61. The van der Waals surface area contributed by atoms with E-state index in [4.69, 9.17) is 9.47 Å². The van der Waals surface area contributed by atoms with Crippen molar-refractivity contribution in [2.75, 3.05) is 0 Å². The summed E-state index contributed by atoms with van der Waals surface area (Å²) in [4.78, 5) is 39.7. The van der Waals surface area contributed by atoms with Gasteiger partial charge in [0.05, 0.1) is 11.6 Å². The van der Waals surface area contributed by atoms with E-state index in [1.165, 1.54) is 0 Å². The van der Waals surface area contributed by atoms with Gasteiger partial charge in [-0.1, -0.05) is 50.6 Å². The van der Waals surface area contributed by atoms with Crippen LogP contribution in [0.3, 0.4) is 0 Å². The van der Waals surface area contributed by atoms with Crippen LogP contribution in [-0.2, 0) is 9.53 Å². The zero-order valence-electron chi connectivity index (χ0n) is 21.5. The van der Waals surface area contributed by atoms with E-state index in [1.807, 2.05) is 58.0 Å². The van der Waals surface area contributed by atoms with Crippen molar-refractivity contribution < 1.29 is 23.9 Å². The molecule has 1 aliphatic rings. The van der Waals surface area contributed by atoms with Crippen LogP contribution in [0.25, 0.3) is 0 Å². The predicted octanol–water partition coefficient (Wildman–Crippen LogP) is 5.86. The highest BCUT2D eigenvalue weighted by molar-refractivity contribution is 6.03. The molecule has 0 aromatic heterocycles. The summed E-state index contributed by atoms with van der Waals surface area (Å²) >= 11 is 0. The molecule has 0 saturated carbocycles. The smallest absolute Gasteiger partial charge is 0.338 e. The molecule has 3 rings (SSSR count). The van der Waals surface area contributed by atoms with Gasteiger partial charge in [-0.3, -0.25) is 4.79 Å². The van der Waals surface area contributed by atoms with Gasteiger partial charge in [-0.25, -0.2) is 14.5 Å². The Bertz CT molecular complexity index is 1050. The molecular formula is C28H36N2O5. The molecule has 7 nitrogen and oxygen atoms in total. The van der Waals surface area contributed by atoms with Gasteiger partial charge in [-0.2, -0.15) is 0 Å². The second-order valence-electron chi connectivity index (χ2n) is 10.1. The quantitative estimate of drug-likeness (QED) is 0.378. The minimum atomic E-state index is -0.825. The number of esters is 1. The maximum atomic E-state index is 13.2. The third-order valence-corrected chi connectivity index (χ3v) is 6.25. The average molecular weight is 481 g/mol. The molecule has 1 heterocycles. The Kier molecular flexibility index (Phi) is 7.88. The standard InChI is InChI=1S/C28H36N2O5/c1-7-12-22(19-13-10-9-11-14-19)29-26(33)30-24(32)28(6,8-2)25(30)34-21-17-15-20(16-18-21)23(31)35-27(3,4)5/h9-11,13-18,22,25H,7-8,12H2,1-6H3,(H,29,33)/t22-,25+,28+/m1/s1. The summed E-state index contributed by atoms with van der Waals surface area (Å²) < 4.78 is 11.5. The molecule has 0 unspecified atom stereocenters. The molecule has 1 fully saturated rings. The van der Waals surface area contributed by atoms with Crippen molar-refractivity contribution >= 4 is 17.9 Å². The summed E-state index contributed by atoms with van der Waals surface area (Å²) in [5.41, 5.74) is -0.0296. The minimum absolute atomic E-state index is 0.205. The largest absolute Gasteiger partial charge is 0.469 e. The van der Waals surface area contributed by atoms with Gasteiger partial charge in [-0.05, 0) is 70.4 Å². The van der Waals surface area contributed by atoms with Gasteiger partial charge < -0.3 is 14.8 Å². The molecule has 0 spiro atoms. The molecule has 1 saturated heterocycles. The lowest BCUT2D eigenvalue weighted by Crippen LogP contribution is -2.72. The number of imide groups is 1. The maximum absolute atomic E-state index is 13.2. The Morgan fingerprint density at radius 1 is 1.06 bits per heavy atom. The number of nitrogens with zero attached hydrogens (tertiary/aromatic N) is 1. The molecule has 2 aromatic carbocycles. The van der Waals surface area contributed by atoms with Crippen molar-refractivity contribution in [1.82, 2.24) is 10.2 Å². The monoisotopic (exact) mass is 480 g/mol. The average Bonchev–Trinajstić information content (AvgIpc) is 2.82. The second-order valence-corrected chi connectivity index (χ2v) is 10.1. The zero-order chi connectivity index (χ0) is 25.8. The van der Waals surface area contributed by atoms with Crippen LogP contribution in [-0.4, -0.2) is 34.6 Å². The van der Waals surface area contributed by atoms with Crippen LogP contribution in [0, 0.1) is 5.41 Å². The van der Waals surface area contributed by atoms with Crippen molar-refractivity contribution in [3.8, 4) is 5.75 Å². The number of amides is 3. The lowest BCUT2D eigenvalue weighted by Gasteiger charge is -2.51. The van der Waals surface area contributed by atoms with Crippen LogP contribution >= 0.6 is 0 Å². The number of hydrogen-bond donors (Lipinski definition) is 1. The van der Waals surface area contributed by atoms with Crippen molar-refractivity contribution in [3.05, 3.63) is 65.7 Å². The fourth-order valence-electron chi connectivity index (χ4n) is 4.06. The van der Waals surface area contributed by atoms with E-state index in [0.29, 0.717) is 17.7 Å². The highest BCUT2D eigenvalue weighted by Crippen LogP contribution is 2.43. The third-order valence-electron chi connectivity index (χ3n) is 6.25. The van der Waals surface area contributed by atoms with E-state index in [0.717, 1.165) is 23.3 Å². The zero-order valence-corrected chi connectivity index (χ0v) is 21.5. The fraction of sp³-hybridized carbons (Fsp3) is 0.464. The van der Waals surface area contributed by atoms with E-state index >= 15 is 0 Å². The summed E-state index contributed by atoms with van der Waals surface area (Å²) in [6.07, 6.45) is 1.39. The molecular weight excluding hydrogens is 444 g/mol. The van der Waals surface area contributed by atoms with E-state index in [1.54, 1.807) is 31.2 Å². The fourth-order valence-corrected chi connectivity index (χ4v) is 4.06. The second kappa shape index (κ2) is 10.5. The number of hydrogen-bond acceptors (Lipinski definition) is 5. The normalized spacial score (nSPS) is 20.6. The lowest BCUT2D eigenvalue weighted by atomic mass is 9.76. The van der Waals surface area contributed by atoms with Crippen LogP contribution in [0.2, 0.25) is 0 Å². The number of β-lactam (4-membered cyclic amide) rings is 1. The summed E-state index contributed by atoms with van der Waals surface area (Å²) in [5.74, 6) is -0.234. The first-order chi connectivity index (χ1) is 16.5. The van der Waals surface area contributed by atoms with E-state index in [9.17, 15) is 14.4 Å². The molecule has 1 aliphatic heterocycles. The summed E-state index contributed by atoms with van der Waals surface area (Å²) in [7, 11) is 0. The number of likely N-dealkylation sites (tertiary alicyclic amines) is 1. The van der Waals surface area contributed by atoms with Gasteiger partial charge in [0.2, 0.25) is 5.91 Å². The molecule has 3 amide bonds. The Morgan fingerprint density at radius 3 is 2.23 bits per heavy atom. The topological polar surface area (TPSA) is 84.9 Å². The summed E-state index contributed by atoms with van der Waals surface area (Å²) in [5, 5.41) is 3.01. The van der Waals surface area contributed by atoms with Gasteiger partial charge in [-0.15, -0.1) is 0 Å². The number of urea groups is 1. The maximum Gasteiger partial charge on any atom is 0.338 e. The lowest BCUT2D eigenvalue weighted by molar-refractivity contribution is -0.186. The molecule has 0 radical (unpaired) electrons. The highest BCUT2D eigenvalue weighted by atomic mass is 16.6. The van der Waals surface area contributed by atoms with Crippen LogP contribution in [0.4, 0.5) is 4.79 Å². The van der Waals surface area contributed by atoms with Crippen molar-refractivity contribution in [3.63, 3.8) is 0 Å². The minimum Gasteiger partial charge on any atom is -0.469 e. The molecule has 0 aliphatic carbocycles. The van der Waals surface area contributed by atoms with Crippen LogP contribution < -0.4 is 10.1 Å². The molecule has 35 heavy (non-hydrogen) atoms. The number of carbonyl (C=O) groups excluding carboxylic acids is 3. The molecule has 3 atom stereocenters. The molecule has 7 heteroatoms. The number of carbonyl (C=O) groups is 3. The van der Waals surface area contributed by atoms with E-state index in [2.05, 4.69) is 12.2 Å². The Labute approximate surface area is 207 Å². The first-order valence-corrected chi connectivity index (χ1v) is 12.2. The Hall–Kier alpha value is -3.35. The summed E-state index contributed by atoms with van der Waals surface area (Å²) in [6, 6.07) is 15.6. The SMILES string of the molecule is CCC[C@@H](NC(=O)N1C(=O)[C@](C)(CC)[C@@H]1Oc1ccc(C(=O)OC(C)(C)C)cc1)c1ccccc1. The van der Waals surface area contributed by atoms with E-state index in [-0.39, 0.29) is 11.9 Å². The number of rotatable bonds is 8. The van der Waals surface area contributed by atoms with Crippen molar-refractivity contribution in [2.24, 2.45) is 5.41 Å². The van der Waals surface area contributed by atoms with Gasteiger partial charge in [0.1, 0.15) is 16.8 Å². The molecule has 1 N–H and O–H groups in total. The van der Waals surface area contributed by atoms with Gasteiger partial charge in [0.15, 0.2) is 6.23 Å². The molecule has 2 aromatic rings. The van der Waals surface area contributed by atoms with Crippen molar-refractivity contribution in [1.29, 1.82) is 0 Å². The van der Waals surface area contributed by atoms with E-state index < -0.39 is 29.2 Å². The Balaban J connectivity index is 1.76. The first kappa shape index (κ1) is 26.3. The first-order valence-electron chi connectivity index (χ1n) is 12.2. The predicted molar refractivity (Wildman–Crippen MR) is 134 cm³/mol. The van der Waals surface area contributed by atoms with Gasteiger partial charge >= 0.3 is 12.0 Å².